The van der Waals surface area contributed by atoms with Gasteiger partial charge in [-0.15, -0.1) is 0 Å². The fourth-order valence-electron chi connectivity index (χ4n) is 17.3. The van der Waals surface area contributed by atoms with Gasteiger partial charge in [0, 0.05) is 0 Å². The van der Waals surface area contributed by atoms with Gasteiger partial charge >= 0.3 is 0 Å². The molecule has 0 aliphatic heterocycles. The van der Waals surface area contributed by atoms with E-state index in [1.807, 2.05) is 27.7 Å². The lowest BCUT2D eigenvalue weighted by Gasteiger charge is -2.59. The van der Waals surface area contributed by atoms with Crippen LogP contribution in [0, 0.1) is 101 Å². The Kier molecular flexibility index (Phi) is 38.8. The second kappa shape index (κ2) is 36.6. The molecule has 0 bridgehead atoms. The van der Waals surface area contributed by atoms with Crippen molar-refractivity contribution in [2.24, 2.45) is 101 Å². The Bertz CT molecular complexity index is 1130. The van der Waals surface area contributed by atoms with E-state index in [9.17, 15) is 0 Å². The molecular formula is C66H136. The summed E-state index contributed by atoms with van der Waals surface area (Å²) in [5.74, 6) is 16.7. The van der Waals surface area contributed by atoms with Gasteiger partial charge < -0.3 is 0 Å². The Balaban J connectivity index is -0.00000290. The molecule has 0 amide bonds. The fraction of sp³-hybridized carbons (Fsp3) is 0.970. The van der Waals surface area contributed by atoms with E-state index in [2.05, 4.69) is 73.5 Å². The Morgan fingerprint density at radius 2 is 0.773 bits per heavy atom. The van der Waals surface area contributed by atoms with Crippen LogP contribution < -0.4 is 0 Å². The Labute approximate surface area is 424 Å². The van der Waals surface area contributed by atoms with E-state index in [1.165, 1.54) is 122 Å². The highest BCUT2D eigenvalue weighted by Gasteiger charge is 2.54. The molecule has 5 saturated carbocycles. The molecule has 66 heavy (non-hydrogen) atoms. The van der Waals surface area contributed by atoms with Crippen LogP contribution in [0.3, 0.4) is 0 Å². The minimum Gasteiger partial charge on any atom is -0.0776 e. The molecular weight excluding hydrogens is 793 g/mol. The third kappa shape index (κ3) is 16.9. The average Bonchev–Trinajstić information content (AvgIpc) is 3.29. The SMILES string of the molecule is C.C.C.C.C.C.CC.CC.CCC.CCCC(C)C(C)C1C2=C(CCCC2)C(C(C)CCC(C)C2C3CCCCC3C(C(C)CC(CC)C3CCCCC3)C3CCCCC32)C2CCCCC21. The lowest BCUT2D eigenvalue weighted by atomic mass is 9.46. The molecule has 0 aromatic rings. The van der Waals surface area contributed by atoms with Crippen molar-refractivity contribution in [3.63, 3.8) is 0 Å². The lowest BCUT2D eigenvalue weighted by Crippen LogP contribution is -2.52. The van der Waals surface area contributed by atoms with E-state index in [0.29, 0.717) is 0 Å². The molecule has 14 unspecified atom stereocenters. The summed E-state index contributed by atoms with van der Waals surface area (Å²) < 4.78 is 0. The number of rotatable bonds is 14. The summed E-state index contributed by atoms with van der Waals surface area (Å²) in [5.41, 5.74) is 4.11. The molecule has 5 fully saturated rings. The highest BCUT2D eigenvalue weighted by molar-refractivity contribution is 5.29. The summed E-state index contributed by atoms with van der Waals surface area (Å²) in [5, 5.41) is 0. The zero-order valence-corrected chi connectivity index (χ0v) is 43.6. The molecule has 0 spiro atoms. The number of hydrogen-bond acceptors (Lipinski definition) is 0. The standard InChI is InChI=1S/C53H92.C3H8.2C2H6.6CH4/c1-8-21-35(3)39(7)53-48-30-19-17-28-46(48)51(47-29-18-20-31-49(47)53)37(5)33-32-36(4)50-42-24-13-15-26-44(42)52(45-27-16-14-25-43(45)50)38(6)34-40(9-2)41-22-11-10-12-23-41;1-3-2;2*1-2;;;;;;/h35-46,48,50-53H,8-34H2,1-7H3;3H2,1-2H3;2*1-2H3;6*1H4. The average molecular weight is 930 g/mol. The predicted molar refractivity (Wildman–Crippen MR) is 310 cm³/mol. The van der Waals surface area contributed by atoms with Crippen LogP contribution in [0.1, 0.15) is 314 Å². The minimum absolute atomic E-state index is 0. The molecule has 7 rings (SSSR count). The summed E-state index contributed by atoms with van der Waals surface area (Å²) >= 11 is 0. The second-order valence-electron chi connectivity index (χ2n) is 22.9. The lowest BCUT2D eigenvalue weighted by molar-refractivity contribution is -0.103. The van der Waals surface area contributed by atoms with Crippen LogP contribution in [0.5, 0.6) is 0 Å². The maximum atomic E-state index is 2.82. The van der Waals surface area contributed by atoms with Crippen molar-refractivity contribution in [1.29, 1.82) is 0 Å². The molecule has 0 radical (unpaired) electrons. The molecule has 0 heterocycles. The summed E-state index contributed by atoms with van der Waals surface area (Å²) in [6.07, 6.45) is 42.2. The Hall–Kier alpha value is -0.260. The first-order chi connectivity index (χ1) is 29.2. The maximum absolute atomic E-state index is 2.82. The molecule has 7 aliphatic rings. The summed E-state index contributed by atoms with van der Waals surface area (Å²) in [7, 11) is 0. The highest BCUT2D eigenvalue weighted by atomic mass is 14.6. The van der Waals surface area contributed by atoms with Crippen molar-refractivity contribution in [2.45, 2.75) is 314 Å². The van der Waals surface area contributed by atoms with Gasteiger partial charge in [0.25, 0.3) is 0 Å². The normalized spacial score (nSPS) is 32.7. The van der Waals surface area contributed by atoms with E-state index in [0.717, 1.165) is 101 Å². The molecule has 0 heteroatoms. The van der Waals surface area contributed by atoms with Gasteiger partial charge in [-0.05, 0) is 178 Å². The first-order valence-corrected chi connectivity index (χ1v) is 29.0. The van der Waals surface area contributed by atoms with Crippen LogP contribution in [-0.4, -0.2) is 0 Å². The van der Waals surface area contributed by atoms with Crippen LogP contribution in [0.2, 0.25) is 0 Å². The zero-order chi connectivity index (χ0) is 43.8. The van der Waals surface area contributed by atoms with Gasteiger partial charge in [0.05, 0.1) is 0 Å². The van der Waals surface area contributed by atoms with Crippen molar-refractivity contribution in [2.75, 3.05) is 0 Å². The van der Waals surface area contributed by atoms with Gasteiger partial charge in [0.1, 0.15) is 0 Å². The monoisotopic (exact) mass is 929 g/mol. The van der Waals surface area contributed by atoms with Crippen molar-refractivity contribution in [3.8, 4) is 0 Å². The third-order valence-electron chi connectivity index (χ3n) is 19.6. The van der Waals surface area contributed by atoms with E-state index < -0.39 is 0 Å². The van der Waals surface area contributed by atoms with E-state index in [-0.39, 0.29) is 44.6 Å². The molecule has 0 nitrogen and oxygen atoms in total. The van der Waals surface area contributed by atoms with Crippen LogP contribution in [0.4, 0.5) is 0 Å². The molecule has 0 aromatic heterocycles. The van der Waals surface area contributed by atoms with Gasteiger partial charge in [0.2, 0.25) is 0 Å². The van der Waals surface area contributed by atoms with E-state index in [1.54, 1.807) is 57.8 Å². The van der Waals surface area contributed by atoms with Crippen LogP contribution in [0.15, 0.2) is 11.1 Å². The van der Waals surface area contributed by atoms with Gasteiger partial charge in [-0.3, -0.25) is 0 Å². The summed E-state index contributed by atoms with van der Waals surface area (Å²) in [6.45, 7) is 30.9. The molecule has 0 saturated heterocycles. The van der Waals surface area contributed by atoms with Crippen LogP contribution in [0.25, 0.3) is 0 Å². The second-order valence-corrected chi connectivity index (χ2v) is 22.9. The van der Waals surface area contributed by atoms with E-state index in [4.69, 9.17) is 0 Å². The molecule has 7 aliphatic carbocycles. The third-order valence-corrected chi connectivity index (χ3v) is 19.6. The largest absolute Gasteiger partial charge is 0.0776 e. The van der Waals surface area contributed by atoms with Crippen LogP contribution in [-0.2, 0) is 0 Å². The first-order valence-electron chi connectivity index (χ1n) is 29.0. The van der Waals surface area contributed by atoms with Gasteiger partial charge in [0.15, 0.2) is 0 Å². The number of fused-ring (bicyclic) bond motifs is 3. The topological polar surface area (TPSA) is 0 Å². The predicted octanol–water partition coefficient (Wildman–Crippen LogP) is 23.8. The fourth-order valence-corrected chi connectivity index (χ4v) is 17.3. The number of allylic oxidation sites excluding steroid dienone is 2. The smallest absolute Gasteiger partial charge is 0.0141 e. The number of hydrogen-bond donors (Lipinski definition) is 0. The van der Waals surface area contributed by atoms with Crippen molar-refractivity contribution >= 4 is 0 Å². The van der Waals surface area contributed by atoms with Gasteiger partial charge in [-0.1, -0.05) is 248 Å². The quantitative estimate of drug-likeness (QED) is 0.152. The van der Waals surface area contributed by atoms with Crippen LogP contribution >= 0.6 is 0 Å². The molecule has 0 N–H and O–H groups in total. The minimum atomic E-state index is 0. The highest BCUT2D eigenvalue weighted by Crippen LogP contribution is 2.62. The van der Waals surface area contributed by atoms with Gasteiger partial charge in [-0.25, -0.2) is 0 Å². The van der Waals surface area contributed by atoms with Gasteiger partial charge in [-0.2, -0.15) is 0 Å². The van der Waals surface area contributed by atoms with Crippen molar-refractivity contribution < 1.29 is 0 Å². The zero-order valence-electron chi connectivity index (χ0n) is 43.6. The molecule has 400 valence electrons. The Morgan fingerprint density at radius 3 is 1.20 bits per heavy atom. The first kappa shape index (κ1) is 70.0. The van der Waals surface area contributed by atoms with Crippen molar-refractivity contribution in [3.05, 3.63) is 11.1 Å². The summed E-state index contributed by atoms with van der Waals surface area (Å²) in [6, 6.07) is 0. The Morgan fingerprint density at radius 1 is 0.409 bits per heavy atom. The van der Waals surface area contributed by atoms with E-state index >= 15 is 0 Å². The molecule has 14 atom stereocenters. The maximum Gasteiger partial charge on any atom is -0.0141 e. The molecule has 0 aromatic carbocycles. The van der Waals surface area contributed by atoms with Crippen molar-refractivity contribution in [1.82, 2.24) is 0 Å². The summed E-state index contributed by atoms with van der Waals surface area (Å²) in [4.78, 5) is 0.